The van der Waals surface area contributed by atoms with Gasteiger partial charge in [0.05, 0.1) is 5.56 Å². The van der Waals surface area contributed by atoms with Crippen molar-refractivity contribution in [2.45, 2.75) is 6.92 Å². The molecule has 0 atom stereocenters. The van der Waals surface area contributed by atoms with Crippen molar-refractivity contribution in [2.75, 3.05) is 0 Å². The first-order valence-electron chi connectivity index (χ1n) is 11.1. The van der Waals surface area contributed by atoms with Crippen LogP contribution < -0.4 is 9.30 Å². The topological polar surface area (TPSA) is 39.4 Å². The Hall–Kier alpha value is -4.31. The molecule has 1 aliphatic rings. The summed E-state index contributed by atoms with van der Waals surface area (Å²) in [6.45, 7) is 2.16. The molecule has 0 unspecified atom stereocenters. The number of rotatable bonds is 0. The Bertz CT molecular complexity index is 1970. The number of para-hydroxylation sites is 2. The number of aromatic nitrogens is 1. The quantitative estimate of drug-likeness (QED) is 0.234. The molecule has 3 aromatic heterocycles. The van der Waals surface area contributed by atoms with Crippen molar-refractivity contribution < 1.29 is 18.1 Å². The highest BCUT2D eigenvalue weighted by atomic mass is 16.5. The molecular weight excluding hydrogens is 410 g/mol. The van der Waals surface area contributed by atoms with Gasteiger partial charge in [-0.1, -0.05) is 36.4 Å². The van der Waals surface area contributed by atoms with E-state index in [0.29, 0.717) is 0 Å². The molecule has 4 nitrogen and oxygen atoms in total. The largest absolute Gasteiger partial charge is 0.456 e. The lowest BCUT2D eigenvalue weighted by Crippen LogP contribution is -2.31. The van der Waals surface area contributed by atoms with Gasteiger partial charge in [-0.25, -0.2) is 4.57 Å². The Kier molecular flexibility index (Phi) is 3.00. The third kappa shape index (κ3) is 2.04. The van der Waals surface area contributed by atoms with Crippen molar-refractivity contribution in [3.05, 3.63) is 78.5 Å². The van der Waals surface area contributed by atoms with Gasteiger partial charge >= 0.3 is 0 Å². The summed E-state index contributed by atoms with van der Waals surface area (Å²) in [5, 5.41) is 6.57. The van der Waals surface area contributed by atoms with Crippen LogP contribution >= 0.6 is 0 Å². The van der Waals surface area contributed by atoms with Crippen LogP contribution in [-0.2, 0) is 7.05 Å². The smallest absolute Gasteiger partial charge is 0.228 e. The zero-order valence-corrected chi connectivity index (χ0v) is 18.1. The maximum Gasteiger partial charge on any atom is 0.228 e. The van der Waals surface area contributed by atoms with Crippen molar-refractivity contribution in [3.8, 4) is 22.8 Å². The van der Waals surface area contributed by atoms with E-state index in [1.165, 1.54) is 0 Å². The summed E-state index contributed by atoms with van der Waals surface area (Å²) in [6.07, 6.45) is 2.11. The van der Waals surface area contributed by atoms with E-state index in [9.17, 15) is 0 Å². The Morgan fingerprint density at radius 3 is 2.27 bits per heavy atom. The van der Waals surface area contributed by atoms with Gasteiger partial charge in [-0.15, -0.1) is 0 Å². The van der Waals surface area contributed by atoms with Gasteiger partial charge < -0.3 is 13.6 Å². The molecule has 0 fully saturated rings. The molecule has 4 heterocycles. The van der Waals surface area contributed by atoms with E-state index in [0.717, 1.165) is 83.0 Å². The van der Waals surface area contributed by atoms with Crippen molar-refractivity contribution >= 4 is 54.6 Å². The molecule has 0 bridgehead atoms. The lowest BCUT2D eigenvalue weighted by atomic mass is 9.92. The molecule has 1 aliphatic heterocycles. The molecule has 7 aromatic rings. The zero-order chi connectivity index (χ0) is 21.8. The van der Waals surface area contributed by atoms with Crippen molar-refractivity contribution in [2.24, 2.45) is 7.05 Å². The molecule has 0 N–H and O–H groups in total. The maximum absolute atomic E-state index is 6.60. The number of fused-ring (bicyclic) bond motifs is 9. The van der Waals surface area contributed by atoms with Crippen LogP contribution in [0.2, 0.25) is 0 Å². The lowest BCUT2D eigenvalue weighted by molar-refractivity contribution is -0.659. The summed E-state index contributed by atoms with van der Waals surface area (Å²) in [5.74, 6) is 1.67. The van der Waals surface area contributed by atoms with Gasteiger partial charge in [-0.2, -0.15) is 0 Å². The number of hydrogen-bond acceptors (Lipinski definition) is 3. The van der Waals surface area contributed by atoms with Crippen LogP contribution in [0.5, 0.6) is 11.5 Å². The Balaban J connectivity index is 1.58. The van der Waals surface area contributed by atoms with E-state index in [1.807, 2.05) is 36.4 Å². The first-order chi connectivity index (χ1) is 16.2. The van der Waals surface area contributed by atoms with Gasteiger partial charge in [-0.3, -0.25) is 0 Å². The molecular formula is C29H18NO3+. The predicted molar refractivity (Wildman–Crippen MR) is 130 cm³/mol. The minimum Gasteiger partial charge on any atom is -0.456 e. The van der Waals surface area contributed by atoms with Gasteiger partial charge in [-0.05, 0) is 30.7 Å². The van der Waals surface area contributed by atoms with Crippen LogP contribution in [0.25, 0.3) is 65.9 Å². The average Bonchev–Trinajstić information content (AvgIpc) is 3.38. The van der Waals surface area contributed by atoms with E-state index in [-0.39, 0.29) is 0 Å². The SMILES string of the molecule is Cc1c2c(cc3oc4ccccc4c13)Oc1cc3c4ccccc4oc3c3cc[n+](C)c-2c13. The fraction of sp³-hybridized carbons (Fsp3) is 0.0690. The van der Waals surface area contributed by atoms with Crippen LogP contribution in [-0.4, -0.2) is 0 Å². The van der Waals surface area contributed by atoms with Crippen LogP contribution in [0.3, 0.4) is 0 Å². The molecule has 33 heavy (non-hydrogen) atoms. The second-order valence-corrected chi connectivity index (χ2v) is 8.86. The Morgan fingerprint density at radius 2 is 1.42 bits per heavy atom. The van der Waals surface area contributed by atoms with Gasteiger partial charge in [0.1, 0.15) is 46.3 Å². The fourth-order valence-electron chi connectivity index (χ4n) is 5.63. The fourth-order valence-corrected chi connectivity index (χ4v) is 5.63. The van der Waals surface area contributed by atoms with E-state index < -0.39 is 0 Å². The Morgan fingerprint density at radius 1 is 0.667 bits per heavy atom. The molecule has 0 spiro atoms. The molecule has 4 aromatic carbocycles. The van der Waals surface area contributed by atoms with Crippen molar-refractivity contribution in [1.82, 2.24) is 0 Å². The maximum atomic E-state index is 6.60. The molecule has 156 valence electrons. The first-order valence-corrected chi connectivity index (χ1v) is 11.1. The number of ether oxygens (including phenoxy) is 1. The molecule has 0 saturated heterocycles. The molecule has 0 aliphatic carbocycles. The molecule has 0 amide bonds. The van der Waals surface area contributed by atoms with Gasteiger partial charge in [0.25, 0.3) is 0 Å². The van der Waals surface area contributed by atoms with E-state index in [2.05, 4.69) is 55.1 Å². The Labute approximate surface area is 188 Å². The second-order valence-electron chi connectivity index (χ2n) is 8.86. The molecule has 4 heteroatoms. The summed E-state index contributed by atoms with van der Waals surface area (Å²) >= 11 is 0. The highest BCUT2D eigenvalue weighted by Crippen LogP contribution is 2.51. The summed E-state index contributed by atoms with van der Waals surface area (Å²) < 4.78 is 21.3. The molecule has 8 rings (SSSR count). The number of pyridine rings is 1. The third-order valence-corrected chi connectivity index (χ3v) is 7.06. The third-order valence-electron chi connectivity index (χ3n) is 7.06. The van der Waals surface area contributed by atoms with Gasteiger partial charge in [0.2, 0.25) is 5.69 Å². The lowest BCUT2D eigenvalue weighted by Gasteiger charge is -2.21. The average molecular weight is 428 g/mol. The minimum absolute atomic E-state index is 0.821. The second kappa shape index (κ2) is 5.73. The highest BCUT2D eigenvalue weighted by molar-refractivity contribution is 6.20. The normalized spacial score (nSPS) is 12.8. The number of furan rings is 2. The highest BCUT2D eigenvalue weighted by Gasteiger charge is 2.33. The van der Waals surface area contributed by atoms with Gasteiger partial charge in [0, 0.05) is 39.1 Å². The first kappa shape index (κ1) is 17.3. The van der Waals surface area contributed by atoms with E-state index in [1.54, 1.807) is 0 Å². The zero-order valence-electron chi connectivity index (χ0n) is 18.1. The molecule has 0 radical (unpaired) electrons. The minimum atomic E-state index is 0.821. The van der Waals surface area contributed by atoms with Crippen LogP contribution in [0, 0.1) is 6.92 Å². The monoisotopic (exact) mass is 428 g/mol. The summed E-state index contributed by atoms with van der Waals surface area (Å²) in [7, 11) is 2.09. The van der Waals surface area contributed by atoms with Crippen molar-refractivity contribution in [3.63, 3.8) is 0 Å². The predicted octanol–water partition coefficient (Wildman–Crippen LogP) is 7.54. The van der Waals surface area contributed by atoms with Gasteiger partial charge in [0.15, 0.2) is 6.20 Å². The van der Waals surface area contributed by atoms with Crippen LogP contribution in [0.1, 0.15) is 5.56 Å². The summed E-state index contributed by atoms with van der Waals surface area (Å²) in [6, 6.07) is 22.7. The number of aryl methyl sites for hydroxylation is 2. The molecule has 0 saturated carbocycles. The van der Waals surface area contributed by atoms with Crippen molar-refractivity contribution in [1.29, 1.82) is 0 Å². The summed E-state index contributed by atoms with van der Waals surface area (Å²) in [4.78, 5) is 0. The summed E-state index contributed by atoms with van der Waals surface area (Å²) in [5.41, 5.74) is 6.92. The number of nitrogens with zero attached hydrogens (tertiary/aromatic N) is 1. The number of benzene rings is 4. The number of hydrogen-bond donors (Lipinski definition) is 0. The van der Waals surface area contributed by atoms with Crippen LogP contribution in [0.15, 0.2) is 81.8 Å². The standard InChI is InChI=1S/C29H18NO3/c1-15-25-17-8-4-6-10-21(17)31-23(25)14-24-26(15)28-27-18(11-12-30(28)2)29-19(13-22(27)32-24)16-7-3-5-9-20(16)33-29/h3-14H,1-2H3/q+1. The van der Waals surface area contributed by atoms with E-state index >= 15 is 0 Å². The van der Waals surface area contributed by atoms with Crippen LogP contribution in [0.4, 0.5) is 0 Å². The van der Waals surface area contributed by atoms with E-state index in [4.69, 9.17) is 13.6 Å².